The molecule has 2 aliphatic carbocycles. The summed E-state index contributed by atoms with van der Waals surface area (Å²) in [5.74, 6) is 0. The Morgan fingerprint density at radius 2 is 0.610 bits per heavy atom. The van der Waals surface area contributed by atoms with Crippen molar-refractivity contribution >= 4 is 71.8 Å². The molecule has 0 N–H and O–H groups in total. The second-order valence-corrected chi connectivity index (χ2v) is 27.1. The summed E-state index contributed by atoms with van der Waals surface area (Å²) >= 11 is 6.01. The summed E-state index contributed by atoms with van der Waals surface area (Å²) in [6.45, 7) is 0. The Balaban J connectivity index is 0.000000134. The maximum absolute atomic E-state index is 9.20. The minimum atomic E-state index is -0.684. The van der Waals surface area contributed by atoms with Gasteiger partial charge in [0, 0.05) is 22.1 Å². The summed E-state index contributed by atoms with van der Waals surface area (Å²) in [4.78, 5) is 1.83. The Morgan fingerprint density at radius 1 is 0.248 bits per heavy atom. The van der Waals surface area contributed by atoms with Crippen molar-refractivity contribution < 1.29 is 13.7 Å². The van der Waals surface area contributed by atoms with Crippen LogP contribution in [0.4, 0.5) is 17.1 Å². The summed E-state index contributed by atoms with van der Waals surface area (Å²) in [5, 5.41) is 10.6. The molecule has 2 heteroatoms. The molecular formula is C103H72ClN. The van der Waals surface area contributed by atoms with Crippen molar-refractivity contribution in [2.75, 3.05) is 4.90 Å². The number of hydrogen-bond acceptors (Lipinski definition) is 1. The lowest BCUT2D eigenvalue weighted by Gasteiger charge is -2.35. The largest absolute Gasteiger partial charge is 0.310 e. The molecule has 1 nitrogen and oxygen atoms in total. The van der Waals surface area contributed by atoms with E-state index in [1.807, 2.05) is 65.6 Å². The minimum absolute atomic E-state index is 0.0883. The highest BCUT2D eigenvalue weighted by Crippen LogP contribution is 2.59. The molecule has 2 aliphatic rings. The minimum Gasteiger partial charge on any atom is -0.310 e. The van der Waals surface area contributed by atoms with E-state index in [1.165, 1.54) is 54.6 Å². The van der Waals surface area contributed by atoms with Crippen LogP contribution in [0, 0.1) is 0 Å². The van der Waals surface area contributed by atoms with E-state index in [4.69, 9.17) is 22.6 Å². The molecular weight excluding hydrogens is 1290 g/mol. The van der Waals surface area contributed by atoms with Crippen molar-refractivity contribution in [1.29, 1.82) is 0 Å². The first-order valence-electron chi connectivity index (χ1n) is 40.4. The highest BCUT2D eigenvalue weighted by Gasteiger charge is 2.48. The van der Waals surface area contributed by atoms with Gasteiger partial charge in [-0.2, -0.15) is 0 Å². The zero-order chi connectivity index (χ0) is 78.8. The number of hydrogen-bond donors (Lipinski definition) is 0. The average Bonchev–Trinajstić information content (AvgIpc) is 1.55. The maximum Gasteiger partial charge on any atom is 0.0714 e. The highest BCUT2D eigenvalue weighted by molar-refractivity contribution is 6.30. The standard InChI is InChI=1S/C51H35N.C32H24.C20H13Cl/c1-4-17-38(18-5-1)51(39-19-6-2-7-20-39)49-27-15-14-26-46(49)47-33-32-42(35-50(47)51)52(40-21-8-3-9-22-40)41-30-28-36(29-31-41)48-34-37-16-10-11-23-43(37)44-24-12-13-25-45(44)48;1-4-12-24(13-5-1)22-25-20-21-29-28-18-10-11-19-30(28)32(31(29)23-25,26-14-6-2-7-15-26)27-16-8-3-9-17-27;21-16-11-9-14(10-12-16)20-13-15-5-1-2-6-17(15)18-7-3-4-8-19(18)20/h1-35H;1-21,23H,22H2;1-13H/i3D,8D,9D,21D,22D;1D,4D,5D,12D,13D;. The van der Waals surface area contributed by atoms with Crippen LogP contribution in [0.2, 0.25) is 5.02 Å². The number of nitrogens with zero attached hydrogens (tertiary/aromatic N) is 1. The fourth-order valence-electron chi connectivity index (χ4n) is 16.5. The van der Waals surface area contributed by atoms with Gasteiger partial charge in [-0.05, 0) is 210 Å². The van der Waals surface area contributed by atoms with Crippen molar-refractivity contribution in [2.45, 2.75) is 17.3 Å². The van der Waals surface area contributed by atoms with Crippen LogP contribution in [-0.4, -0.2) is 0 Å². The molecule has 0 heterocycles. The van der Waals surface area contributed by atoms with Gasteiger partial charge in [0.25, 0.3) is 0 Å². The molecule has 18 aromatic rings. The van der Waals surface area contributed by atoms with E-state index in [9.17, 15) is 2.74 Å². The van der Waals surface area contributed by atoms with Crippen LogP contribution in [0.25, 0.3) is 87.6 Å². The topological polar surface area (TPSA) is 3.24 Å². The summed E-state index contributed by atoms with van der Waals surface area (Å²) in [5.41, 5.74) is 19.6. The van der Waals surface area contributed by atoms with E-state index in [0.717, 1.165) is 88.1 Å². The lowest BCUT2D eigenvalue weighted by Crippen LogP contribution is -2.28. The molecule has 20 rings (SSSR count). The van der Waals surface area contributed by atoms with Crippen LogP contribution in [-0.2, 0) is 17.3 Å². The molecule has 0 atom stereocenters. The molecule has 0 fully saturated rings. The molecule has 0 saturated heterocycles. The monoisotopic (exact) mass is 1370 g/mol. The van der Waals surface area contributed by atoms with Gasteiger partial charge in [0.15, 0.2) is 0 Å². The maximum atomic E-state index is 9.20. The Bertz CT molecular complexity index is 6680. The number of para-hydroxylation sites is 1. The third-order valence-electron chi connectivity index (χ3n) is 21.0. The molecule has 0 amide bonds. The van der Waals surface area contributed by atoms with Crippen molar-refractivity contribution in [1.82, 2.24) is 0 Å². The number of anilines is 3. The fourth-order valence-corrected chi connectivity index (χ4v) is 16.6. The second kappa shape index (κ2) is 27.8. The van der Waals surface area contributed by atoms with E-state index in [2.05, 4.69) is 303 Å². The van der Waals surface area contributed by atoms with Crippen molar-refractivity contribution in [2.24, 2.45) is 0 Å². The highest BCUT2D eigenvalue weighted by atomic mass is 35.5. The molecule has 0 bridgehead atoms. The van der Waals surface area contributed by atoms with Crippen molar-refractivity contribution in [3.05, 3.63) is 485 Å². The van der Waals surface area contributed by atoms with Gasteiger partial charge in [-0.3, -0.25) is 0 Å². The van der Waals surface area contributed by atoms with Crippen LogP contribution < -0.4 is 4.90 Å². The smallest absolute Gasteiger partial charge is 0.0714 e. The number of fused-ring (bicyclic) bond motifs is 12. The molecule has 496 valence electrons. The number of benzene rings is 18. The van der Waals surface area contributed by atoms with E-state index in [1.54, 1.807) is 0 Å². The summed E-state index contributed by atoms with van der Waals surface area (Å²) < 4.78 is 85.2. The zero-order valence-electron chi connectivity index (χ0n) is 67.2. The first kappa shape index (κ1) is 53.9. The normalized spacial score (nSPS) is 14.0. The van der Waals surface area contributed by atoms with Crippen LogP contribution in [0.3, 0.4) is 0 Å². The Labute approximate surface area is 633 Å². The quantitative estimate of drug-likeness (QED) is 0.117. The molecule has 0 aromatic heterocycles. The van der Waals surface area contributed by atoms with E-state index < -0.39 is 16.9 Å². The van der Waals surface area contributed by atoms with E-state index >= 15 is 0 Å². The number of rotatable bonds is 11. The van der Waals surface area contributed by atoms with Gasteiger partial charge in [0.1, 0.15) is 0 Å². The van der Waals surface area contributed by atoms with E-state index in [0.29, 0.717) is 16.9 Å². The summed E-state index contributed by atoms with van der Waals surface area (Å²) in [6.07, 6.45) is 0.249. The molecule has 105 heavy (non-hydrogen) atoms. The second-order valence-electron chi connectivity index (χ2n) is 26.7. The van der Waals surface area contributed by atoms with Crippen LogP contribution in [0.5, 0.6) is 0 Å². The fraction of sp³-hybridized carbons (Fsp3) is 0.0291. The molecule has 0 radical (unpaired) electrons. The van der Waals surface area contributed by atoms with Gasteiger partial charge in [0.2, 0.25) is 0 Å². The van der Waals surface area contributed by atoms with Crippen LogP contribution >= 0.6 is 11.6 Å². The molecule has 0 unspecified atom stereocenters. The van der Waals surface area contributed by atoms with Gasteiger partial charge < -0.3 is 4.90 Å². The zero-order valence-corrected chi connectivity index (χ0v) is 57.9. The third-order valence-corrected chi connectivity index (χ3v) is 21.2. The third kappa shape index (κ3) is 11.5. The number of halogens is 1. The van der Waals surface area contributed by atoms with Crippen molar-refractivity contribution in [3.8, 4) is 44.5 Å². The van der Waals surface area contributed by atoms with Gasteiger partial charge in [0.05, 0.1) is 24.5 Å². The Hall–Kier alpha value is -12.9. The lowest BCUT2D eigenvalue weighted by atomic mass is 9.67. The molecule has 0 spiro atoms. The van der Waals surface area contributed by atoms with Crippen molar-refractivity contribution in [3.63, 3.8) is 0 Å². The van der Waals surface area contributed by atoms with E-state index in [-0.39, 0.29) is 66.5 Å². The molecule has 0 aliphatic heterocycles. The van der Waals surface area contributed by atoms with Gasteiger partial charge >= 0.3 is 0 Å². The molecule has 0 saturated carbocycles. The average molecular weight is 1370 g/mol. The van der Waals surface area contributed by atoms with Crippen LogP contribution in [0.15, 0.2) is 424 Å². The van der Waals surface area contributed by atoms with Gasteiger partial charge in [-0.25, -0.2) is 0 Å². The first-order valence-corrected chi connectivity index (χ1v) is 35.8. The Morgan fingerprint density at radius 3 is 1.09 bits per heavy atom. The van der Waals surface area contributed by atoms with Gasteiger partial charge in [-0.1, -0.05) is 375 Å². The lowest BCUT2D eigenvalue weighted by molar-refractivity contribution is 0.767. The SMILES string of the molecule is Clc1ccc(-c2cc3ccccc3c3ccccc23)cc1.[2H]c1c([2H])c([2H])c(Cc2ccc3c(c2)C(c2ccccc2)(c2ccccc2)c2ccccc2-3)c([2H])c1[2H].[2H]c1c([2H])c([2H])c(N(c2ccc(-c3cc4ccccc4c4ccccc34)cc2)c2ccc3c(c2)C(c2ccccc2)(c2ccccc2)c2ccccc2-3)c([2H])c1[2H]. The van der Waals surface area contributed by atoms with Gasteiger partial charge in [-0.15, -0.1) is 0 Å². The first-order chi connectivity index (χ1) is 56.1. The summed E-state index contributed by atoms with van der Waals surface area (Å²) in [6, 6.07) is 123. The summed E-state index contributed by atoms with van der Waals surface area (Å²) in [7, 11) is 0. The predicted octanol–water partition coefficient (Wildman–Crippen LogP) is 27.4. The predicted molar refractivity (Wildman–Crippen MR) is 444 cm³/mol. The molecule has 18 aromatic carbocycles. The Kier molecular flexibility index (Phi) is 14.3. The van der Waals surface area contributed by atoms with Crippen LogP contribution in [0.1, 0.15) is 69.3 Å².